The quantitative estimate of drug-likeness (QED) is 0.346. The molecule has 0 atom stereocenters. The van der Waals surface area contributed by atoms with E-state index in [1.54, 1.807) is 0 Å². The lowest BCUT2D eigenvalue weighted by atomic mass is 9.84. The summed E-state index contributed by atoms with van der Waals surface area (Å²) in [5.74, 6) is 0.690. The van der Waals surface area contributed by atoms with E-state index in [1.165, 1.54) is 5.57 Å². The van der Waals surface area contributed by atoms with Gasteiger partial charge < -0.3 is 4.90 Å². The van der Waals surface area contributed by atoms with Crippen molar-refractivity contribution < 1.29 is 0 Å². The SMILES string of the molecule is CC(=N)N1CCC=C(C(C)(C)C)C1. The third-order valence-corrected chi connectivity index (χ3v) is 2.59. The number of nitrogens with one attached hydrogen (secondary N) is 1. The predicted molar refractivity (Wildman–Crippen MR) is 57.1 cm³/mol. The van der Waals surface area contributed by atoms with Gasteiger partial charge >= 0.3 is 0 Å². The van der Waals surface area contributed by atoms with Crippen LogP contribution in [-0.2, 0) is 0 Å². The van der Waals surface area contributed by atoms with Crippen LogP contribution in [0.5, 0.6) is 0 Å². The van der Waals surface area contributed by atoms with Gasteiger partial charge in [-0.15, -0.1) is 0 Å². The predicted octanol–water partition coefficient (Wildman–Crippen LogP) is 2.66. The van der Waals surface area contributed by atoms with Gasteiger partial charge in [-0.25, -0.2) is 0 Å². The minimum absolute atomic E-state index is 0.258. The smallest absolute Gasteiger partial charge is 0.0928 e. The Hall–Kier alpha value is -0.790. The van der Waals surface area contributed by atoms with Crippen molar-refractivity contribution >= 4 is 5.84 Å². The van der Waals surface area contributed by atoms with E-state index in [9.17, 15) is 0 Å². The van der Waals surface area contributed by atoms with Crippen molar-refractivity contribution in [3.8, 4) is 0 Å². The van der Waals surface area contributed by atoms with Crippen LogP contribution in [0.15, 0.2) is 11.6 Å². The summed E-state index contributed by atoms with van der Waals surface area (Å²) < 4.78 is 0. The maximum Gasteiger partial charge on any atom is 0.0928 e. The van der Waals surface area contributed by atoms with Crippen molar-refractivity contribution in [3.63, 3.8) is 0 Å². The van der Waals surface area contributed by atoms with E-state index in [4.69, 9.17) is 5.41 Å². The number of nitrogens with zero attached hydrogens (tertiary/aromatic N) is 1. The van der Waals surface area contributed by atoms with Gasteiger partial charge in [0.05, 0.1) is 5.84 Å². The van der Waals surface area contributed by atoms with Gasteiger partial charge in [-0.05, 0) is 24.3 Å². The second-order valence-corrected chi connectivity index (χ2v) is 4.78. The Morgan fingerprint density at radius 1 is 1.46 bits per heavy atom. The summed E-state index contributed by atoms with van der Waals surface area (Å²) in [6.07, 6.45) is 3.42. The highest BCUT2D eigenvalue weighted by atomic mass is 15.2. The molecule has 0 unspecified atom stereocenters. The third kappa shape index (κ3) is 2.58. The molecule has 0 saturated carbocycles. The van der Waals surface area contributed by atoms with Gasteiger partial charge in [0.15, 0.2) is 0 Å². The zero-order chi connectivity index (χ0) is 10.1. The van der Waals surface area contributed by atoms with Crippen molar-refractivity contribution in [1.29, 1.82) is 5.41 Å². The molecule has 2 heteroatoms. The molecule has 74 valence electrons. The summed E-state index contributed by atoms with van der Waals surface area (Å²) in [4.78, 5) is 2.14. The molecule has 0 aromatic rings. The number of rotatable bonds is 0. The molecule has 0 radical (unpaired) electrons. The van der Waals surface area contributed by atoms with Gasteiger partial charge in [0.2, 0.25) is 0 Å². The van der Waals surface area contributed by atoms with E-state index in [2.05, 4.69) is 31.7 Å². The molecule has 0 amide bonds. The second-order valence-electron chi connectivity index (χ2n) is 4.78. The van der Waals surface area contributed by atoms with Crippen molar-refractivity contribution in [2.75, 3.05) is 13.1 Å². The van der Waals surface area contributed by atoms with Crippen LogP contribution in [0.25, 0.3) is 0 Å². The maximum atomic E-state index is 7.58. The first-order valence-electron chi connectivity index (χ1n) is 4.91. The van der Waals surface area contributed by atoms with Gasteiger partial charge in [-0.2, -0.15) is 0 Å². The van der Waals surface area contributed by atoms with E-state index in [0.29, 0.717) is 5.84 Å². The Labute approximate surface area is 81.1 Å². The Morgan fingerprint density at radius 3 is 2.54 bits per heavy atom. The molecule has 0 bridgehead atoms. The number of hydrogen-bond acceptors (Lipinski definition) is 1. The molecule has 0 saturated heterocycles. The highest BCUT2D eigenvalue weighted by Crippen LogP contribution is 2.28. The van der Waals surface area contributed by atoms with Crippen molar-refractivity contribution in [1.82, 2.24) is 4.90 Å². The molecular formula is C11H20N2. The van der Waals surface area contributed by atoms with Crippen LogP contribution >= 0.6 is 0 Å². The molecule has 0 fully saturated rings. The van der Waals surface area contributed by atoms with E-state index in [-0.39, 0.29) is 5.41 Å². The summed E-state index contributed by atoms with van der Waals surface area (Å²) in [6.45, 7) is 10.5. The van der Waals surface area contributed by atoms with Gasteiger partial charge in [-0.3, -0.25) is 5.41 Å². The summed E-state index contributed by atoms with van der Waals surface area (Å²) in [7, 11) is 0. The Bertz CT molecular complexity index is 233. The van der Waals surface area contributed by atoms with E-state index in [1.807, 2.05) is 6.92 Å². The van der Waals surface area contributed by atoms with Crippen LogP contribution in [0.1, 0.15) is 34.1 Å². The Morgan fingerprint density at radius 2 is 2.08 bits per heavy atom. The average Bonchev–Trinajstić information content (AvgIpc) is 2.03. The molecule has 0 aliphatic carbocycles. The van der Waals surface area contributed by atoms with Crippen LogP contribution in [0.4, 0.5) is 0 Å². The summed E-state index contributed by atoms with van der Waals surface area (Å²) in [5.41, 5.74) is 1.72. The lowest BCUT2D eigenvalue weighted by Crippen LogP contribution is -2.36. The fourth-order valence-electron chi connectivity index (χ4n) is 1.57. The fourth-order valence-corrected chi connectivity index (χ4v) is 1.57. The molecule has 0 spiro atoms. The molecule has 0 aromatic heterocycles. The van der Waals surface area contributed by atoms with E-state index >= 15 is 0 Å². The lowest BCUT2D eigenvalue weighted by Gasteiger charge is -2.34. The van der Waals surface area contributed by atoms with Crippen LogP contribution in [0, 0.1) is 10.8 Å². The zero-order valence-electron chi connectivity index (χ0n) is 9.15. The first-order valence-corrected chi connectivity index (χ1v) is 4.91. The van der Waals surface area contributed by atoms with Gasteiger partial charge in [0.1, 0.15) is 0 Å². The van der Waals surface area contributed by atoms with Crippen LogP contribution in [-0.4, -0.2) is 23.8 Å². The zero-order valence-corrected chi connectivity index (χ0v) is 9.15. The number of amidine groups is 1. The second kappa shape index (κ2) is 3.52. The summed E-state index contributed by atoms with van der Waals surface area (Å²) in [5, 5.41) is 7.58. The summed E-state index contributed by atoms with van der Waals surface area (Å²) >= 11 is 0. The van der Waals surface area contributed by atoms with Gasteiger partial charge in [0, 0.05) is 13.1 Å². The first-order chi connectivity index (χ1) is 5.91. The molecule has 1 N–H and O–H groups in total. The third-order valence-electron chi connectivity index (χ3n) is 2.59. The molecule has 13 heavy (non-hydrogen) atoms. The monoisotopic (exact) mass is 180 g/mol. The largest absolute Gasteiger partial charge is 0.356 e. The van der Waals surface area contributed by atoms with Crippen LogP contribution < -0.4 is 0 Å². The normalized spacial score (nSPS) is 18.5. The van der Waals surface area contributed by atoms with Crippen molar-refractivity contribution in [2.45, 2.75) is 34.1 Å². The standard InChI is InChI=1S/C11H20N2/c1-9(12)13-7-5-6-10(8-13)11(2,3)4/h6,12H,5,7-8H2,1-4H3. The molecule has 1 rings (SSSR count). The molecule has 1 heterocycles. The van der Waals surface area contributed by atoms with Gasteiger partial charge in [0.25, 0.3) is 0 Å². The van der Waals surface area contributed by atoms with E-state index < -0.39 is 0 Å². The highest BCUT2D eigenvalue weighted by Gasteiger charge is 2.22. The highest BCUT2D eigenvalue weighted by molar-refractivity contribution is 5.76. The topological polar surface area (TPSA) is 27.1 Å². The van der Waals surface area contributed by atoms with Crippen molar-refractivity contribution in [3.05, 3.63) is 11.6 Å². The van der Waals surface area contributed by atoms with E-state index in [0.717, 1.165) is 19.5 Å². The first kappa shape index (κ1) is 10.3. The molecular weight excluding hydrogens is 160 g/mol. The Kier molecular flexibility index (Phi) is 2.79. The molecule has 0 aromatic carbocycles. The number of hydrogen-bond donors (Lipinski definition) is 1. The minimum atomic E-state index is 0.258. The van der Waals surface area contributed by atoms with Gasteiger partial charge in [-0.1, -0.05) is 26.8 Å². The average molecular weight is 180 g/mol. The maximum absolute atomic E-state index is 7.58. The molecule has 2 nitrogen and oxygen atoms in total. The van der Waals surface area contributed by atoms with Crippen LogP contribution in [0.2, 0.25) is 0 Å². The summed E-state index contributed by atoms with van der Waals surface area (Å²) in [6, 6.07) is 0. The van der Waals surface area contributed by atoms with Crippen molar-refractivity contribution in [2.24, 2.45) is 5.41 Å². The molecule has 1 aliphatic rings. The van der Waals surface area contributed by atoms with Crippen LogP contribution in [0.3, 0.4) is 0 Å². The Balaban J connectivity index is 2.70. The fraction of sp³-hybridized carbons (Fsp3) is 0.727. The minimum Gasteiger partial charge on any atom is -0.356 e. The molecule has 1 aliphatic heterocycles. The lowest BCUT2D eigenvalue weighted by molar-refractivity contribution is 0.373.